The zero-order chi connectivity index (χ0) is 11.1. The van der Waals surface area contributed by atoms with Crippen LogP contribution in [0.3, 0.4) is 0 Å². The number of imidazole rings is 1. The first kappa shape index (κ1) is 12.2. The summed E-state index contributed by atoms with van der Waals surface area (Å²) in [5.74, 6) is 0.656. The number of nitrogens with zero attached hydrogens (tertiary/aromatic N) is 2. The number of ether oxygens (including phenoxy) is 1. The van der Waals surface area contributed by atoms with E-state index in [0.717, 1.165) is 13.2 Å². The van der Waals surface area contributed by atoms with E-state index in [-0.39, 0.29) is 0 Å². The Kier molecular flexibility index (Phi) is 5.40. The Morgan fingerprint density at radius 2 is 2.20 bits per heavy atom. The van der Waals surface area contributed by atoms with Crippen molar-refractivity contribution in [2.75, 3.05) is 6.61 Å². The Morgan fingerprint density at radius 3 is 2.87 bits per heavy atom. The molecule has 0 aliphatic rings. The lowest BCUT2D eigenvalue weighted by Crippen LogP contribution is -2.33. The average molecular weight is 211 g/mol. The molecule has 3 nitrogen and oxygen atoms in total. The van der Waals surface area contributed by atoms with Crippen molar-refractivity contribution in [2.24, 2.45) is 5.92 Å². The first-order valence-electron chi connectivity index (χ1n) is 5.88. The summed E-state index contributed by atoms with van der Waals surface area (Å²) in [6, 6.07) is 0. The summed E-state index contributed by atoms with van der Waals surface area (Å²) in [5, 5.41) is 0. The lowest BCUT2D eigenvalue weighted by molar-refractivity contribution is -0.732. The maximum absolute atomic E-state index is 5.61. The number of hydrogen-bond acceptors (Lipinski definition) is 1. The smallest absolute Gasteiger partial charge is 0.245 e. The van der Waals surface area contributed by atoms with Crippen LogP contribution in [0.2, 0.25) is 0 Å². The van der Waals surface area contributed by atoms with Gasteiger partial charge in [0, 0.05) is 0 Å². The highest BCUT2D eigenvalue weighted by atomic mass is 16.5. The molecular weight excluding hydrogens is 188 g/mol. The van der Waals surface area contributed by atoms with Crippen LogP contribution in [0.5, 0.6) is 0 Å². The van der Waals surface area contributed by atoms with E-state index in [2.05, 4.69) is 48.6 Å². The Bertz CT molecular complexity index is 270. The van der Waals surface area contributed by atoms with Crippen LogP contribution < -0.4 is 4.57 Å². The highest BCUT2D eigenvalue weighted by Crippen LogP contribution is 2.00. The molecule has 0 aliphatic carbocycles. The molecule has 0 saturated heterocycles. The highest BCUT2D eigenvalue weighted by Gasteiger charge is 2.03. The lowest BCUT2D eigenvalue weighted by atomic mass is 10.1. The van der Waals surface area contributed by atoms with Crippen LogP contribution in [0.15, 0.2) is 18.7 Å². The van der Waals surface area contributed by atoms with Crippen molar-refractivity contribution in [3.63, 3.8) is 0 Å². The maximum atomic E-state index is 5.61. The van der Waals surface area contributed by atoms with Gasteiger partial charge in [-0.25, -0.2) is 9.13 Å². The number of rotatable bonds is 7. The van der Waals surface area contributed by atoms with Crippen LogP contribution in [0, 0.1) is 5.92 Å². The van der Waals surface area contributed by atoms with Gasteiger partial charge in [-0.3, -0.25) is 0 Å². The monoisotopic (exact) mass is 211 g/mol. The molecule has 15 heavy (non-hydrogen) atoms. The Hall–Kier alpha value is -0.830. The fourth-order valence-corrected chi connectivity index (χ4v) is 1.38. The van der Waals surface area contributed by atoms with E-state index in [0.29, 0.717) is 12.6 Å². The lowest BCUT2D eigenvalue weighted by Gasteiger charge is -2.06. The minimum atomic E-state index is 0.656. The second-order valence-corrected chi connectivity index (χ2v) is 4.18. The number of hydrogen-bond donors (Lipinski definition) is 0. The molecule has 1 atom stereocenters. The summed E-state index contributed by atoms with van der Waals surface area (Å²) in [6.45, 7) is 9.19. The van der Waals surface area contributed by atoms with E-state index >= 15 is 0 Å². The third-order valence-electron chi connectivity index (χ3n) is 2.57. The van der Waals surface area contributed by atoms with Gasteiger partial charge in [0.2, 0.25) is 6.33 Å². The second-order valence-electron chi connectivity index (χ2n) is 4.18. The first-order valence-corrected chi connectivity index (χ1v) is 5.88. The normalized spacial score (nSPS) is 13.0. The number of aromatic nitrogens is 2. The maximum Gasteiger partial charge on any atom is 0.245 e. The van der Waals surface area contributed by atoms with Gasteiger partial charge >= 0.3 is 0 Å². The highest BCUT2D eigenvalue weighted by molar-refractivity contribution is 4.65. The SMILES string of the molecule is CCCn1cc[n+](COC[C@@H](C)CC)c1. The summed E-state index contributed by atoms with van der Waals surface area (Å²) in [6.07, 6.45) is 8.60. The fraction of sp³-hybridized carbons (Fsp3) is 0.750. The van der Waals surface area contributed by atoms with E-state index in [4.69, 9.17) is 4.74 Å². The summed E-state index contributed by atoms with van der Waals surface area (Å²) in [5.41, 5.74) is 0. The molecule has 0 saturated carbocycles. The molecule has 86 valence electrons. The molecule has 0 unspecified atom stereocenters. The molecule has 0 N–H and O–H groups in total. The van der Waals surface area contributed by atoms with Crippen molar-refractivity contribution in [1.82, 2.24) is 4.57 Å². The van der Waals surface area contributed by atoms with Crippen molar-refractivity contribution in [2.45, 2.75) is 46.9 Å². The van der Waals surface area contributed by atoms with Crippen molar-refractivity contribution in [1.29, 1.82) is 0 Å². The van der Waals surface area contributed by atoms with Crippen molar-refractivity contribution in [3.05, 3.63) is 18.7 Å². The average Bonchev–Trinajstić information content (AvgIpc) is 2.66. The van der Waals surface area contributed by atoms with Crippen molar-refractivity contribution in [3.8, 4) is 0 Å². The first-order chi connectivity index (χ1) is 7.26. The molecule has 1 aromatic heterocycles. The number of aryl methyl sites for hydroxylation is 1. The molecule has 0 bridgehead atoms. The van der Waals surface area contributed by atoms with Crippen LogP contribution >= 0.6 is 0 Å². The van der Waals surface area contributed by atoms with Gasteiger partial charge in [-0.05, 0) is 12.3 Å². The molecule has 1 aromatic rings. The third kappa shape index (κ3) is 4.47. The van der Waals surface area contributed by atoms with Gasteiger partial charge in [-0.1, -0.05) is 27.2 Å². The summed E-state index contributed by atoms with van der Waals surface area (Å²) >= 11 is 0. The van der Waals surface area contributed by atoms with E-state index in [1.807, 2.05) is 0 Å². The molecule has 3 heteroatoms. The molecule has 0 aromatic carbocycles. The van der Waals surface area contributed by atoms with Gasteiger partial charge in [0.25, 0.3) is 0 Å². The van der Waals surface area contributed by atoms with Crippen LogP contribution in [0.4, 0.5) is 0 Å². The van der Waals surface area contributed by atoms with E-state index in [9.17, 15) is 0 Å². The molecular formula is C12H23N2O+. The molecule has 0 fully saturated rings. The summed E-state index contributed by atoms with van der Waals surface area (Å²) in [4.78, 5) is 0. The Morgan fingerprint density at radius 1 is 1.40 bits per heavy atom. The largest absolute Gasteiger partial charge is 0.341 e. The Labute approximate surface area is 92.7 Å². The van der Waals surface area contributed by atoms with Crippen molar-refractivity contribution >= 4 is 0 Å². The van der Waals surface area contributed by atoms with Crippen LogP contribution in [-0.4, -0.2) is 11.2 Å². The van der Waals surface area contributed by atoms with Gasteiger partial charge in [0.15, 0.2) is 6.73 Å². The van der Waals surface area contributed by atoms with Crippen LogP contribution in [0.1, 0.15) is 33.6 Å². The van der Waals surface area contributed by atoms with Crippen LogP contribution in [-0.2, 0) is 18.0 Å². The predicted molar refractivity (Wildman–Crippen MR) is 60.3 cm³/mol. The minimum absolute atomic E-state index is 0.656. The topological polar surface area (TPSA) is 18.0 Å². The molecule has 1 heterocycles. The molecule has 0 spiro atoms. The molecule has 0 amide bonds. The summed E-state index contributed by atoms with van der Waals surface area (Å²) < 4.78 is 9.88. The quantitative estimate of drug-likeness (QED) is 0.632. The summed E-state index contributed by atoms with van der Waals surface area (Å²) in [7, 11) is 0. The molecule has 0 aliphatic heterocycles. The van der Waals surface area contributed by atoms with Gasteiger partial charge < -0.3 is 4.74 Å². The molecule has 1 rings (SSSR count). The molecule has 0 radical (unpaired) electrons. The van der Waals surface area contributed by atoms with Crippen LogP contribution in [0.25, 0.3) is 0 Å². The third-order valence-corrected chi connectivity index (χ3v) is 2.57. The van der Waals surface area contributed by atoms with Gasteiger partial charge in [0.1, 0.15) is 12.4 Å². The van der Waals surface area contributed by atoms with Crippen molar-refractivity contribution < 1.29 is 9.30 Å². The van der Waals surface area contributed by atoms with Gasteiger partial charge in [0.05, 0.1) is 13.2 Å². The standard InChI is InChI=1S/C12H23N2O/c1-4-6-13-7-8-14(10-13)11-15-9-12(3)5-2/h7-8,10,12H,4-6,9,11H2,1-3H3/q+1/t12-/m0/s1. The zero-order valence-electron chi connectivity index (χ0n) is 10.1. The fourth-order valence-electron chi connectivity index (χ4n) is 1.38. The minimum Gasteiger partial charge on any atom is -0.341 e. The van der Waals surface area contributed by atoms with Gasteiger partial charge in [-0.15, -0.1) is 0 Å². The predicted octanol–water partition coefficient (Wildman–Crippen LogP) is 2.21. The second kappa shape index (κ2) is 6.62. The van der Waals surface area contributed by atoms with E-state index < -0.39 is 0 Å². The van der Waals surface area contributed by atoms with E-state index in [1.54, 1.807) is 0 Å². The zero-order valence-corrected chi connectivity index (χ0v) is 10.1. The Balaban J connectivity index is 2.25. The van der Waals surface area contributed by atoms with Gasteiger partial charge in [-0.2, -0.15) is 0 Å². The van der Waals surface area contributed by atoms with E-state index in [1.165, 1.54) is 12.8 Å².